The van der Waals surface area contributed by atoms with Gasteiger partial charge in [0.1, 0.15) is 0 Å². The Labute approximate surface area is 121 Å². The van der Waals surface area contributed by atoms with Crippen molar-refractivity contribution in [3.63, 3.8) is 0 Å². The molecule has 1 aromatic carbocycles. The summed E-state index contributed by atoms with van der Waals surface area (Å²) in [5.41, 5.74) is 5.30. The summed E-state index contributed by atoms with van der Waals surface area (Å²) in [7, 11) is 1.40. The highest BCUT2D eigenvalue weighted by Crippen LogP contribution is 2.36. The number of rotatable bonds is 7. The molecule has 0 atom stereocenters. The summed E-state index contributed by atoms with van der Waals surface area (Å²) >= 11 is 6.02. The number of halogens is 1. The van der Waals surface area contributed by atoms with Gasteiger partial charge >= 0.3 is 0 Å². The Balaban J connectivity index is 3.03. The predicted molar refractivity (Wildman–Crippen MR) is 75.2 cm³/mol. The molecule has 0 unspecified atom stereocenters. The molecule has 3 N–H and O–H groups in total. The van der Waals surface area contributed by atoms with Crippen LogP contribution in [0, 0.1) is 0 Å². The van der Waals surface area contributed by atoms with E-state index in [-0.39, 0.29) is 29.0 Å². The molecule has 0 aliphatic rings. The molecule has 0 bridgehead atoms. The second-order valence-corrected chi connectivity index (χ2v) is 4.15. The molecule has 20 heavy (non-hydrogen) atoms. The normalized spacial score (nSPS) is 9.70. The molecule has 0 aliphatic carbocycles. The number of amides is 2. The number of carbonyl (C=O) groups is 2. The van der Waals surface area contributed by atoms with Gasteiger partial charge in [-0.05, 0) is 12.1 Å². The van der Waals surface area contributed by atoms with Crippen molar-refractivity contribution in [2.45, 2.75) is 0 Å². The summed E-state index contributed by atoms with van der Waals surface area (Å²) in [5.74, 6) is -0.571. The minimum atomic E-state index is -0.643. The first-order valence-corrected chi connectivity index (χ1v) is 6.05. The Morgan fingerprint density at radius 2 is 2.20 bits per heavy atom. The molecule has 0 aliphatic heterocycles. The van der Waals surface area contributed by atoms with Gasteiger partial charge < -0.3 is 20.5 Å². The van der Waals surface area contributed by atoms with Gasteiger partial charge in [-0.2, -0.15) is 0 Å². The lowest BCUT2D eigenvalue weighted by molar-refractivity contribution is -0.119. The van der Waals surface area contributed by atoms with Crippen LogP contribution in [0.4, 0.5) is 0 Å². The number of ether oxygens (including phenoxy) is 2. The highest BCUT2D eigenvalue weighted by atomic mass is 35.5. The number of hydrogen-bond acceptors (Lipinski definition) is 4. The van der Waals surface area contributed by atoms with E-state index in [0.29, 0.717) is 12.1 Å². The quantitative estimate of drug-likeness (QED) is 0.738. The molecular weight excluding hydrogens is 284 g/mol. The summed E-state index contributed by atoms with van der Waals surface area (Å²) in [5, 5.41) is 2.76. The van der Waals surface area contributed by atoms with Gasteiger partial charge in [-0.1, -0.05) is 17.7 Å². The van der Waals surface area contributed by atoms with Crippen LogP contribution in [0.15, 0.2) is 24.8 Å². The zero-order chi connectivity index (χ0) is 15.1. The van der Waals surface area contributed by atoms with Crippen molar-refractivity contribution in [2.75, 3.05) is 20.3 Å². The second-order valence-electron chi connectivity index (χ2n) is 3.74. The fourth-order valence-corrected chi connectivity index (χ4v) is 1.67. The third kappa shape index (κ3) is 4.17. The first-order chi connectivity index (χ1) is 9.49. The monoisotopic (exact) mass is 298 g/mol. The van der Waals surface area contributed by atoms with Crippen LogP contribution in [-0.2, 0) is 4.79 Å². The van der Waals surface area contributed by atoms with Crippen molar-refractivity contribution in [2.24, 2.45) is 5.73 Å². The molecule has 108 valence electrons. The topological polar surface area (TPSA) is 90.6 Å². The number of methoxy groups -OCH3 is 1. The van der Waals surface area contributed by atoms with E-state index < -0.39 is 5.91 Å². The molecule has 0 aromatic heterocycles. The van der Waals surface area contributed by atoms with Gasteiger partial charge in [-0.15, -0.1) is 6.58 Å². The van der Waals surface area contributed by atoms with E-state index >= 15 is 0 Å². The molecule has 0 radical (unpaired) electrons. The molecule has 2 amide bonds. The second kappa shape index (κ2) is 7.40. The first-order valence-electron chi connectivity index (χ1n) is 5.67. The molecule has 0 saturated carbocycles. The minimum Gasteiger partial charge on any atom is -0.493 e. The lowest BCUT2D eigenvalue weighted by Crippen LogP contribution is -2.23. The third-order valence-corrected chi connectivity index (χ3v) is 2.54. The molecule has 0 spiro atoms. The molecule has 6 nitrogen and oxygen atoms in total. The van der Waals surface area contributed by atoms with Crippen LogP contribution in [0.25, 0.3) is 0 Å². The molecule has 7 heteroatoms. The zero-order valence-electron chi connectivity index (χ0n) is 10.9. The third-order valence-electron chi connectivity index (χ3n) is 2.26. The highest BCUT2D eigenvalue weighted by Gasteiger charge is 2.16. The standard InChI is InChI=1S/C13H15ClN2O4/c1-3-4-16-13(18)8-5-9(14)12(10(6-8)19-2)20-7-11(15)17/h3,5-6H,1,4,7H2,2H3,(H2,15,17)(H,16,18). The fourth-order valence-electron chi connectivity index (χ4n) is 1.40. The van der Waals surface area contributed by atoms with Crippen LogP contribution in [-0.4, -0.2) is 32.1 Å². The maximum Gasteiger partial charge on any atom is 0.255 e. The summed E-state index contributed by atoms with van der Waals surface area (Å²) < 4.78 is 10.2. The SMILES string of the molecule is C=CCNC(=O)c1cc(Cl)c(OCC(N)=O)c(OC)c1. The average Bonchev–Trinajstić information content (AvgIpc) is 2.42. The number of benzene rings is 1. The van der Waals surface area contributed by atoms with Gasteiger partial charge in [0.05, 0.1) is 12.1 Å². The van der Waals surface area contributed by atoms with E-state index in [2.05, 4.69) is 11.9 Å². The predicted octanol–water partition coefficient (Wildman–Crippen LogP) is 1.13. The van der Waals surface area contributed by atoms with E-state index in [1.54, 1.807) is 6.08 Å². The van der Waals surface area contributed by atoms with Crippen molar-refractivity contribution < 1.29 is 19.1 Å². The van der Waals surface area contributed by atoms with Crippen LogP contribution < -0.4 is 20.5 Å². The molecule has 0 saturated heterocycles. The van der Waals surface area contributed by atoms with E-state index in [1.165, 1.54) is 19.2 Å². The minimum absolute atomic E-state index is 0.148. The van der Waals surface area contributed by atoms with E-state index in [9.17, 15) is 9.59 Å². The molecule has 0 fully saturated rings. The van der Waals surface area contributed by atoms with Crippen LogP contribution in [0.2, 0.25) is 5.02 Å². The van der Waals surface area contributed by atoms with Crippen LogP contribution >= 0.6 is 11.6 Å². The largest absolute Gasteiger partial charge is 0.493 e. The Morgan fingerprint density at radius 3 is 2.75 bits per heavy atom. The Hall–Kier alpha value is -2.21. The molecule has 1 aromatic rings. The summed E-state index contributed by atoms with van der Waals surface area (Å²) in [6.07, 6.45) is 1.56. The Kier molecular flexibility index (Phi) is 5.86. The van der Waals surface area contributed by atoms with Gasteiger partial charge in [-0.3, -0.25) is 9.59 Å². The Morgan fingerprint density at radius 1 is 1.50 bits per heavy atom. The maximum atomic E-state index is 11.8. The fraction of sp³-hybridized carbons (Fsp3) is 0.231. The van der Waals surface area contributed by atoms with Crippen LogP contribution in [0.1, 0.15) is 10.4 Å². The van der Waals surface area contributed by atoms with E-state index in [0.717, 1.165) is 0 Å². The molecule has 1 rings (SSSR count). The van der Waals surface area contributed by atoms with Crippen molar-refractivity contribution in [1.29, 1.82) is 0 Å². The first kappa shape index (κ1) is 15.8. The summed E-state index contributed by atoms with van der Waals surface area (Å²) in [6, 6.07) is 2.87. The number of carbonyl (C=O) groups excluding carboxylic acids is 2. The Bertz CT molecular complexity index is 531. The number of hydrogen-bond donors (Lipinski definition) is 2. The average molecular weight is 299 g/mol. The summed E-state index contributed by atoms with van der Waals surface area (Å²) in [4.78, 5) is 22.5. The van der Waals surface area contributed by atoms with Crippen molar-refractivity contribution in [3.05, 3.63) is 35.4 Å². The van der Waals surface area contributed by atoms with E-state index in [4.69, 9.17) is 26.8 Å². The highest BCUT2D eigenvalue weighted by molar-refractivity contribution is 6.32. The lowest BCUT2D eigenvalue weighted by atomic mass is 10.2. The number of nitrogens with one attached hydrogen (secondary N) is 1. The van der Waals surface area contributed by atoms with Crippen molar-refractivity contribution in [3.8, 4) is 11.5 Å². The van der Waals surface area contributed by atoms with Crippen LogP contribution in [0.5, 0.6) is 11.5 Å². The number of nitrogens with two attached hydrogens (primary N) is 1. The van der Waals surface area contributed by atoms with Gasteiger partial charge in [-0.25, -0.2) is 0 Å². The van der Waals surface area contributed by atoms with Gasteiger partial charge in [0, 0.05) is 12.1 Å². The molecular formula is C13H15ClN2O4. The van der Waals surface area contributed by atoms with Gasteiger partial charge in [0.15, 0.2) is 18.1 Å². The van der Waals surface area contributed by atoms with Crippen LogP contribution in [0.3, 0.4) is 0 Å². The smallest absolute Gasteiger partial charge is 0.255 e. The van der Waals surface area contributed by atoms with Crippen molar-refractivity contribution >= 4 is 23.4 Å². The van der Waals surface area contributed by atoms with Crippen molar-refractivity contribution in [1.82, 2.24) is 5.32 Å². The summed E-state index contributed by atoms with van der Waals surface area (Å²) in [6.45, 7) is 3.50. The molecule has 0 heterocycles. The number of primary amides is 1. The van der Waals surface area contributed by atoms with Gasteiger partial charge in [0.25, 0.3) is 11.8 Å². The lowest BCUT2D eigenvalue weighted by Gasteiger charge is -2.13. The van der Waals surface area contributed by atoms with Gasteiger partial charge in [0.2, 0.25) is 0 Å². The maximum absolute atomic E-state index is 11.8. The zero-order valence-corrected chi connectivity index (χ0v) is 11.7. The van der Waals surface area contributed by atoms with E-state index in [1.807, 2.05) is 0 Å².